The van der Waals surface area contributed by atoms with Crippen molar-refractivity contribution in [2.45, 2.75) is 104 Å². The molecular formula is C51H56. The molecule has 0 spiro atoms. The van der Waals surface area contributed by atoms with Gasteiger partial charge in [-0.3, -0.25) is 0 Å². The number of hydrogen-bond acceptors (Lipinski definition) is 0. The van der Waals surface area contributed by atoms with Crippen molar-refractivity contribution in [1.82, 2.24) is 0 Å². The van der Waals surface area contributed by atoms with Crippen molar-refractivity contribution >= 4 is 0 Å². The molecule has 3 aliphatic carbocycles. The number of unbranched alkanes of at least 4 members (excludes halogenated alkanes) is 2. The monoisotopic (exact) mass is 668 g/mol. The summed E-state index contributed by atoms with van der Waals surface area (Å²) in [5.74, 6) is 2.64. The Hall–Kier alpha value is -4.16. The van der Waals surface area contributed by atoms with Gasteiger partial charge in [-0.2, -0.15) is 0 Å². The highest BCUT2D eigenvalue weighted by atomic mass is 14.5. The van der Waals surface area contributed by atoms with Crippen LogP contribution < -0.4 is 0 Å². The van der Waals surface area contributed by atoms with Gasteiger partial charge in [-0.05, 0) is 154 Å². The third-order valence-corrected chi connectivity index (χ3v) is 13.1. The Bertz CT molecular complexity index is 1940. The van der Waals surface area contributed by atoms with Crippen molar-refractivity contribution in [1.29, 1.82) is 0 Å². The maximum Gasteiger partial charge on any atom is 0.0464 e. The molecule has 1 saturated carbocycles. The molecule has 5 aromatic carbocycles. The van der Waals surface area contributed by atoms with E-state index in [-0.39, 0.29) is 5.41 Å². The van der Waals surface area contributed by atoms with Crippen LogP contribution in [0.15, 0.2) is 115 Å². The van der Waals surface area contributed by atoms with Crippen LogP contribution in [0, 0.1) is 17.8 Å². The van der Waals surface area contributed by atoms with Gasteiger partial charge in [0.2, 0.25) is 0 Å². The lowest BCUT2D eigenvalue weighted by Crippen LogP contribution is -2.27. The quantitative estimate of drug-likeness (QED) is 0.0865. The summed E-state index contributed by atoms with van der Waals surface area (Å²) in [7, 11) is 0. The fourth-order valence-corrected chi connectivity index (χ4v) is 10.2. The van der Waals surface area contributed by atoms with E-state index in [0.717, 1.165) is 49.9 Å². The number of allylic oxidation sites excluding steroid dienone is 2. The Morgan fingerprint density at radius 1 is 0.529 bits per heavy atom. The van der Waals surface area contributed by atoms with E-state index in [1.54, 1.807) is 0 Å². The van der Waals surface area contributed by atoms with E-state index in [4.69, 9.17) is 0 Å². The van der Waals surface area contributed by atoms with Gasteiger partial charge in [-0.25, -0.2) is 0 Å². The molecule has 260 valence electrons. The lowest BCUT2D eigenvalue weighted by molar-refractivity contribution is 0.390. The maximum atomic E-state index is 2.60. The summed E-state index contributed by atoms with van der Waals surface area (Å²) >= 11 is 0. The molecule has 0 aliphatic heterocycles. The van der Waals surface area contributed by atoms with Crippen LogP contribution in [-0.4, -0.2) is 0 Å². The Labute approximate surface area is 308 Å². The first-order chi connectivity index (χ1) is 25.1. The summed E-state index contributed by atoms with van der Waals surface area (Å²) in [6, 6.07) is 40.8. The minimum Gasteiger partial charge on any atom is -0.0851 e. The maximum absolute atomic E-state index is 2.60. The number of rotatable bonds is 13. The van der Waals surface area contributed by atoms with Crippen LogP contribution in [0.2, 0.25) is 0 Å². The summed E-state index contributed by atoms with van der Waals surface area (Å²) < 4.78 is 0. The van der Waals surface area contributed by atoms with E-state index in [1.165, 1.54) is 111 Å². The number of aryl methyl sites for hydroxylation is 4. The molecule has 0 nitrogen and oxygen atoms in total. The van der Waals surface area contributed by atoms with Crippen molar-refractivity contribution in [2.24, 2.45) is 17.8 Å². The van der Waals surface area contributed by atoms with Gasteiger partial charge in [0.1, 0.15) is 0 Å². The third-order valence-electron chi connectivity index (χ3n) is 13.1. The SMILES string of the molecule is CCc1ccc(CC)c(-c2ccc3c(c2)C(CCCCCC2CC4C=CC2C4)(c2ccccc2)c2cc(-c4cc(CC)ccc4CC)ccc2-3)c1. The van der Waals surface area contributed by atoms with Gasteiger partial charge >= 0.3 is 0 Å². The van der Waals surface area contributed by atoms with Crippen LogP contribution in [0.25, 0.3) is 33.4 Å². The zero-order valence-corrected chi connectivity index (χ0v) is 31.5. The molecule has 2 bridgehead atoms. The third kappa shape index (κ3) is 6.13. The molecule has 3 atom stereocenters. The molecule has 0 saturated heterocycles. The molecule has 0 aromatic heterocycles. The first kappa shape index (κ1) is 34.0. The van der Waals surface area contributed by atoms with E-state index >= 15 is 0 Å². The van der Waals surface area contributed by atoms with E-state index in [1.807, 2.05) is 0 Å². The first-order valence-electron chi connectivity index (χ1n) is 20.3. The van der Waals surface area contributed by atoms with E-state index in [2.05, 4.69) is 143 Å². The van der Waals surface area contributed by atoms with Crippen LogP contribution in [-0.2, 0) is 31.1 Å². The second-order valence-electron chi connectivity index (χ2n) is 15.8. The fourth-order valence-electron chi connectivity index (χ4n) is 10.2. The van der Waals surface area contributed by atoms with E-state index in [9.17, 15) is 0 Å². The molecule has 0 heteroatoms. The average molecular weight is 669 g/mol. The predicted molar refractivity (Wildman–Crippen MR) is 219 cm³/mol. The van der Waals surface area contributed by atoms with Crippen molar-refractivity contribution in [3.05, 3.63) is 154 Å². The van der Waals surface area contributed by atoms with Gasteiger partial charge < -0.3 is 0 Å². The number of hydrogen-bond donors (Lipinski definition) is 0. The summed E-state index contributed by atoms with van der Waals surface area (Å²) in [5, 5.41) is 0. The molecule has 51 heavy (non-hydrogen) atoms. The molecule has 3 aliphatic rings. The summed E-state index contributed by atoms with van der Waals surface area (Å²) in [4.78, 5) is 0. The van der Waals surface area contributed by atoms with Crippen LogP contribution in [0.4, 0.5) is 0 Å². The minimum atomic E-state index is -0.198. The zero-order chi connectivity index (χ0) is 35.0. The Balaban J connectivity index is 1.26. The average Bonchev–Trinajstić information content (AvgIpc) is 3.90. The Morgan fingerprint density at radius 2 is 1.14 bits per heavy atom. The van der Waals surface area contributed by atoms with Crippen molar-refractivity contribution < 1.29 is 0 Å². The fraction of sp³-hybridized carbons (Fsp3) is 0.373. The molecule has 0 radical (unpaired) electrons. The van der Waals surface area contributed by atoms with Crippen molar-refractivity contribution in [3.8, 4) is 33.4 Å². The highest BCUT2D eigenvalue weighted by molar-refractivity contribution is 5.88. The summed E-state index contributed by atoms with van der Waals surface area (Å²) in [6.07, 6.45) is 18.5. The number of benzene rings is 5. The van der Waals surface area contributed by atoms with E-state index < -0.39 is 0 Å². The van der Waals surface area contributed by atoms with Gasteiger partial charge in [-0.1, -0.05) is 150 Å². The van der Waals surface area contributed by atoms with Crippen LogP contribution in [0.3, 0.4) is 0 Å². The topological polar surface area (TPSA) is 0 Å². The summed E-state index contributed by atoms with van der Waals surface area (Å²) in [6.45, 7) is 9.15. The lowest BCUT2D eigenvalue weighted by atomic mass is 9.68. The van der Waals surface area contributed by atoms with E-state index in [0.29, 0.717) is 0 Å². The molecule has 0 N–H and O–H groups in total. The van der Waals surface area contributed by atoms with Crippen molar-refractivity contribution in [2.75, 3.05) is 0 Å². The highest BCUT2D eigenvalue weighted by Gasteiger charge is 2.44. The lowest BCUT2D eigenvalue weighted by Gasteiger charge is -2.34. The Kier molecular flexibility index (Phi) is 9.63. The molecule has 0 amide bonds. The molecule has 3 unspecified atom stereocenters. The first-order valence-corrected chi connectivity index (χ1v) is 20.3. The van der Waals surface area contributed by atoms with Crippen LogP contribution >= 0.6 is 0 Å². The smallest absolute Gasteiger partial charge is 0.0464 e. The van der Waals surface area contributed by atoms with Crippen LogP contribution in [0.5, 0.6) is 0 Å². The van der Waals surface area contributed by atoms with Gasteiger partial charge in [0.25, 0.3) is 0 Å². The van der Waals surface area contributed by atoms with Crippen LogP contribution in [0.1, 0.15) is 112 Å². The van der Waals surface area contributed by atoms with Gasteiger partial charge in [0.05, 0.1) is 0 Å². The summed E-state index contributed by atoms with van der Waals surface area (Å²) in [5.41, 5.74) is 18.3. The number of fused-ring (bicyclic) bond motifs is 5. The van der Waals surface area contributed by atoms with Gasteiger partial charge in [0.15, 0.2) is 0 Å². The second-order valence-corrected chi connectivity index (χ2v) is 15.8. The standard InChI is InChI=1S/C51H56/c1-5-35-18-21-38(7-3)47(31-35)42-24-26-45-46-27-25-43(48-32-36(6-2)19-22-39(48)8-4)34-50(46)51(49(45)33-42,44-16-12-9-13-17-44)28-14-10-11-15-40-29-37-20-23-41(40)30-37/h9,12-13,16-27,31-34,37,40-41H,5-8,10-11,14-15,28-30H2,1-4H3. The molecule has 5 aromatic rings. The Morgan fingerprint density at radius 3 is 1.65 bits per heavy atom. The minimum absolute atomic E-state index is 0.198. The molecule has 1 fully saturated rings. The second kappa shape index (κ2) is 14.5. The molecular weight excluding hydrogens is 613 g/mol. The predicted octanol–water partition coefficient (Wildman–Crippen LogP) is 13.7. The molecule has 8 rings (SSSR count). The zero-order valence-electron chi connectivity index (χ0n) is 31.5. The normalized spacial score (nSPS) is 19.4. The molecule has 0 heterocycles. The van der Waals surface area contributed by atoms with Gasteiger partial charge in [-0.15, -0.1) is 0 Å². The largest absolute Gasteiger partial charge is 0.0851 e. The van der Waals surface area contributed by atoms with Crippen molar-refractivity contribution in [3.63, 3.8) is 0 Å². The highest BCUT2D eigenvalue weighted by Crippen LogP contribution is 2.57. The van der Waals surface area contributed by atoms with Gasteiger partial charge in [0, 0.05) is 5.41 Å².